The van der Waals surface area contributed by atoms with E-state index in [9.17, 15) is 14.3 Å². The quantitative estimate of drug-likeness (QED) is 0.279. The monoisotopic (exact) mass is 466 g/mol. The fourth-order valence-corrected chi connectivity index (χ4v) is 4.21. The van der Waals surface area contributed by atoms with Crippen molar-refractivity contribution in [3.63, 3.8) is 0 Å². The Morgan fingerprint density at radius 3 is 2.49 bits per heavy atom. The van der Waals surface area contributed by atoms with Crippen molar-refractivity contribution in [1.82, 2.24) is 10.3 Å². The van der Waals surface area contributed by atoms with Crippen LogP contribution in [0.2, 0.25) is 0 Å². The van der Waals surface area contributed by atoms with Crippen molar-refractivity contribution in [2.24, 2.45) is 0 Å². The van der Waals surface area contributed by atoms with Crippen molar-refractivity contribution in [3.8, 4) is 22.6 Å². The highest BCUT2D eigenvalue weighted by Crippen LogP contribution is 2.33. The molecule has 4 aromatic carbocycles. The molecule has 5 nitrogen and oxygen atoms in total. The number of benzene rings is 4. The molecule has 0 saturated heterocycles. The predicted octanol–water partition coefficient (Wildman–Crippen LogP) is 6.21. The van der Waals surface area contributed by atoms with Gasteiger partial charge in [-0.2, -0.15) is 0 Å². The third kappa shape index (κ3) is 4.59. The number of aromatic amines is 1. The number of carbonyl (C=O) groups is 1. The molecule has 5 aromatic rings. The second-order valence-electron chi connectivity index (χ2n) is 8.23. The molecule has 0 radical (unpaired) electrons. The molecule has 1 amide bonds. The number of hydrogen-bond donors (Lipinski definition) is 3. The Morgan fingerprint density at radius 1 is 0.914 bits per heavy atom. The van der Waals surface area contributed by atoms with Gasteiger partial charge in [0.2, 0.25) is 0 Å². The molecular weight excluding hydrogens is 443 g/mol. The maximum Gasteiger partial charge on any atom is 0.252 e. The van der Waals surface area contributed by atoms with E-state index in [1.54, 1.807) is 48.5 Å². The van der Waals surface area contributed by atoms with E-state index in [4.69, 9.17) is 4.74 Å². The average Bonchev–Trinajstić information content (AvgIpc) is 3.31. The number of ether oxygens (including phenoxy) is 1. The Balaban J connectivity index is 1.54. The molecule has 0 fully saturated rings. The highest BCUT2D eigenvalue weighted by atomic mass is 19.1. The number of para-hydroxylation sites is 1. The second kappa shape index (κ2) is 9.35. The van der Waals surface area contributed by atoms with Crippen molar-refractivity contribution < 1.29 is 19.0 Å². The van der Waals surface area contributed by atoms with Gasteiger partial charge in [-0.25, -0.2) is 4.39 Å². The number of fused-ring (bicyclic) bond motifs is 1. The third-order valence-electron chi connectivity index (χ3n) is 5.97. The summed E-state index contributed by atoms with van der Waals surface area (Å²) in [6, 6.07) is 27.3. The van der Waals surface area contributed by atoms with E-state index >= 15 is 0 Å². The molecule has 1 aromatic heterocycles. The second-order valence-corrected chi connectivity index (χ2v) is 8.23. The molecular formula is C29H23FN2O3. The summed E-state index contributed by atoms with van der Waals surface area (Å²) in [6.45, 7) is 0. The van der Waals surface area contributed by atoms with E-state index in [2.05, 4.69) is 10.3 Å². The molecule has 6 heteroatoms. The Labute approximate surface area is 201 Å². The third-order valence-corrected chi connectivity index (χ3v) is 5.97. The van der Waals surface area contributed by atoms with Gasteiger partial charge < -0.3 is 20.1 Å². The topological polar surface area (TPSA) is 74.3 Å². The minimum absolute atomic E-state index is 0.174. The minimum Gasteiger partial charge on any atom is -0.508 e. The largest absolute Gasteiger partial charge is 0.508 e. The molecule has 0 unspecified atom stereocenters. The van der Waals surface area contributed by atoms with E-state index in [1.807, 2.05) is 36.4 Å². The number of phenolic OH excluding ortho intramolecular Hbond substituents is 1. The lowest BCUT2D eigenvalue weighted by Crippen LogP contribution is -2.30. The van der Waals surface area contributed by atoms with Gasteiger partial charge in [0.1, 0.15) is 17.3 Å². The van der Waals surface area contributed by atoms with Crippen LogP contribution in [0.1, 0.15) is 27.7 Å². The molecule has 0 aliphatic rings. The number of nitrogens with one attached hydrogen (secondary N) is 2. The Kier molecular flexibility index (Phi) is 5.94. The van der Waals surface area contributed by atoms with Gasteiger partial charge in [0, 0.05) is 22.3 Å². The van der Waals surface area contributed by atoms with Crippen molar-refractivity contribution in [2.45, 2.75) is 6.04 Å². The summed E-state index contributed by atoms with van der Waals surface area (Å²) < 4.78 is 19.8. The molecule has 1 atom stereocenters. The number of phenols is 1. The van der Waals surface area contributed by atoms with Crippen LogP contribution in [-0.4, -0.2) is 23.1 Å². The molecule has 0 aliphatic carbocycles. The number of carbonyl (C=O) groups excluding carboxylic acids is 1. The molecule has 0 saturated carbocycles. The molecule has 0 bridgehead atoms. The highest BCUT2D eigenvalue weighted by Gasteiger charge is 2.24. The number of methoxy groups -OCH3 is 1. The fourth-order valence-electron chi connectivity index (χ4n) is 4.21. The van der Waals surface area contributed by atoms with Gasteiger partial charge in [-0.3, -0.25) is 4.79 Å². The molecule has 174 valence electrons. The van der Waals surface area contributed by atoms with Crippen LogP contribution in [0.15, 0.2) is 97.1 Å². The van der Waals surface area contributed by atoms with Crippen molar-refractivity contribution in [2.75, 3.05) is 7.11 Å². The number of rotatable bonds is 6. The number of halogens is 1. The first-order chi connectivity index (χ1) is 17.0. The van der Waals surface area contributed by atoms with Crippen LogP contribution in [0.4, 0.5) is 4.39 Å². The van der Waals surface area contributed by atoms with Gasteiger partial charge in [-0.05, 0) is 71.1 Å². The average molecular weight is 467 g/mol. The number of aromatic nitrogens is 1. The first kappa shape index (κ1) is 22.2. The summed E-state index contributed by atoms with van der Waals surface area (Å²) in [6.07, 6.45) is 0. The lowest BCUT2D eigenvalue weighted by atomic mass is 10.00. The molecule has 35 heavy (non-hydrogen) atoms. The normalized spacial score (nSPS) is 11.8. The SMILES string of the molecule is COc1ccc(F)cc1[C@@H](NC(=O)c1cccc(-c2ccc(O)cc2)c1)c1cc2ccccc2[nH]1. The number of hydrogen-bond acceptors (Lipinski definition) is 3. The molecule has 0 spiro atoms. The Bertz CT molecular complexity index is 1480. The van der Waals surface area contributed by atoms with E-state index in [0.717, 1.165) is 22.0 Å². The minimum atomic E-state index is -0.683. The van der Waals surface area contributed by atoms with Crippen LogP contribution < -0.4 is 10.1 Å². The van der Waals surface area contributed by atoms with Gasteiger partial charge in [-0.15, -0.1) is 0 Å². The van der Waals surface area contributed by atoms with Crippen LogP contribution >= 0.6 is 0 Å². The summed E-state index contributed by atoms with van der Waals surface area (Å²) in [5, 5.41) is 13.6. The number of amides is 1. The first-order valence-electron chi connectivity index (χ1n) is 11.1. The van der Waals surface area contributed by atoms with Crippen LogP contribution in [0.25, 0.3) is 22.0 Å². The van der Waals surface area contributed by atoms with E-state index in [1.165, 1.54) is 19.2 Å². The molecule has 0 aliphatic heterocycles. The summed E-state index contributed by atoms with van der Waals surface area (Å²) in [7, 11) is 1.52. The maximum atomic E-state index is 14.3. The lowest BCUT2D eigenvalue weighted by Gasteiger charge is -2.21. The van der Waals surface area contributed by atoms with Crippen LogP contribution in [0, 0.1) is 5.82 Å². The lowest BCUT2D eigenvalue weighted by molar-refractivity contribution is 0.0942. The van der Waals surface area contributed by atoms with E-state index in [0.29, 0.717) is 22.6 Å². The zero-order valence-corrected chi connectivity index (χ0v) is 19.0. The number of aromatic hydroxyl groups is 1. The van der Waals surface area contributed by atoms with Crippen molar-refractivity contribution in [3.05, 3.63) is 120 Å². The number of H-pyrrole nitrogens is 1. The zero-order valence-electron chi connectivity index (χ0n) is 19.0. The first-order valence-corrected chi connectivity index (χ1v) is 11.1. The molecule has 5 rings (SSSR count). The van der Waals surface area contributed by atoms with Gasteiger partial charge in [0.05, 0.1) is 13.2 Å². The maximum absolute atomic E-state index is 14.3. The van der Waals surface area contributed by atoms with Crippen molar-refractivity contribution >= 4 is 16.8 Å². The van der Waals surface area contributed by atoms with Crippen LogP contribution in [-0.2, 0) is 0 Å². The standard InChI is InChI=1S/C29H23FN2O3/c1-35-27-14-11-22(30)17-24(27)28(26-16-20-5-2-3-8-25(20)31-26)32-29(34)21-7-4-6-19(15-21)18-9-12-23(33)13-10-18/h2-17,28,31,33H,1H3,(H,32,34)/t28-/m1/s1. The van der Waals surface area contributed by atoms with Gasteiger partial charge in [0.15, 0.2) is 0 Å². The van der Waals surface area contributed by atoms with E-state index < -0.39 is 11.9 Å². The van der Waals surface area contributed by atoms with Gasteiger partial charge in [0.25, 0.3) is 5.91 Å². The van der Waals surface area contributed by atoms with E-state index in [-0.39, 0.29) is 11.7 Å². The van der Waals surface area contributed by atoms with Gasteiger partial charge >= 0.3 is 0 Å². The van der Waals surface area contributed by atoms with Crippen molar-refractivity contribution in [1.29, 1.82) is 0 Å². The zero-order chi connectivity index (χ0) is 24.4. The van der Waals surface area contributed by atoms with Gasteiger partial charge in [-0.1, -0.05) is 42.5 Å². The summed E-state index contributed by atoms with van der Waals surface area (Å²) in [5.41, 5.74) is 4.28. The fraction of sp³-hybridized carbons (Fsp3) is 0.0690. The Hall–Kier alpha value is -4.58. The summed E-state index contributed by atoms with van der Waals surface area (Å²) >= 11 is 0. The van der Waals surface area contributed by atoms with Crippen LogP contribution in [0.3, 0.4) is 0 Å². The smallest absolute Gasteiger partial charge is 0.252 e. The molecule has 3 N–H and O–H groups in total. The highest BCUT2D eigenvalue weighted by molar-refractivity contribution is 5.96. The predicted molar refractivity (Wildman–Crippen MR) is 134 cm³/mol. The summed E-state index contributed by atoms with van der Waals surface area (Å²) in [4.78, 5) is 16.8. The summed E-state index contributed by atoms with van der Waals surface area (Å²) in [5.74, 6) is -0.104. The Morgan fingerprint density at radius 2 is 1.71 bits per heavy atom. The molecule has 1 heterocycles. The van der Waals surface area contributed by atoms with Crippen LogP contribution in [0.5, 0.6) is 11.5 Å².